The van der Waals surface area contributed by atoms with Gasteiger partial charge in [0, 0.05) is 23.0 Å². The number of aryl methyl sites for hydroxylation is 1. The van der Waals surface area contributed by atoms with Crippen molar-refractivity contribution in [1.82, 2.24) is 4.98 Å². The number of nitrogens with one attached hydrogen (secondary N) is 2. The summed E-state index contributed by atoms with van der Waals surface area (Å²) in [4.78, 5) is 16.9. The third kappa shape index (κ3) is 4.15. The Labute approximate surface area is 155 Å². The van der Waals surface area contributed by atoms with E-state index in [1.165, 1.54) is 11.3 Å². The lowest BCUT2D eigenvalue weighted by Gasteiger charge is -2.10. The molecule has 5 nitrogen and oxygen atoms in total. The van der Waals surface area contributed by atoms with Gasteiger partial charge in [-0.3, -0.25) is 4.79 Å². The zero-order chi connectivity index (χ0) is 18.4. The Morgan fingerprint density at radius 1 is 1.15 bits per heavy atom. The Morgan fingerprint density at radius 2 is 1.88 bits per heavy atom. The molecule has 0 aliphatic carbocycles. The number of allylic oxidation sites excluding steroid dienone is 1. The first kappa shape index (κ1) is 17.4. The van der Waals surface area contributed by atoms with Crippen LogP contribution in [-0.2, 0) is 0 Å². The second-order valence-corrected chi connectivity index (χ2v) is 6.33. The summed E-state index contributed by atoms with van der Waals surface area (Å²) in [6.07, 6.45) is 1.58. The molecule has 0 bridgehead atoms. The van der Waals surface area contributed by atoms with E-state index < -0.39 is 0 Å². The first-order valence-electron chi connectivity index (χ1n) is 7.92. The molecule has 1 heterocycles. The van der Waals surface area contributed by atoms with Gasteiger partial charge in [0.2, 0.25) is 0 Å². The average molecular weight is 360 g/mol. The summed E-state index contributed by atoms with van der Waals surface area (Å²) in [7, 11) is 0. The number of carbonyl (C=O) groups excluding carboxylic acids is 1. The van der Waals surface area contributed by atoms with E-state index in [0.29, 0.717) is 21.8 Å². The lowest BCUT2D eigenvalue weighted by Crippen LogP contribution is -2.13. The number of carbonyl (C=O) groups is 1. The van der Waals surface area contributed by atoms with Crippen LogP contribution >= 0.6 is 11.3 Å². The molecule has 1 aromatic heterocycles. The third-order valence-electron chi connectivity index (χ3n) is 3.55. The van der Waals surface area contributed by atoms with Gasteiger partial charge in [-0.1, -0.05) is 30.3 Å². The molecule has 2 aromatic carbocycles. The van der Waals surface area contributed by atoms with Crippen molar-refractivity contribution in [3.05, 3.63) is 82.4 Å². The molecule has 0 saturated carbocycles. The molecule has 0 aliphatic heterocycles. The molecule has 3 aromatic rings. The highest BCUT2D eigenvalue weighted by Gasteiger charge is 2.11. The molecule has 26 heavy (non-hydrogen) atoms. The molecule has 128 valence electrons. The van der Waals surface area contributed by atoms with Crippen LogP contribution in [0.15, 0.2) is 66.2 Å². The van der Waals surface area contributed by atoms with Crippen LogP contribution in [-0.4, -0.2) is 10.9 Å². The fraction of sp³-hybridized carbons (Fsp3) is 0.0500. The van der Waals surface area contributed by atoms with E-state index in [0.717, 1.165) is 11.4 Å². The summed E-state index contributed by atoms with van der Waals surface area (Å²) < 4.78 is 0. The van der Waals surface area contributed by atoms with Crippen LogP contribution in [0.1, 0.15) is 21.1 Å². The molecule has 0 unspecified atom stereocenters. The van der Waals surface area contributed by atoms with Gasteiger partial charge in [-0.25, -0.2) is 4.98 Å². The largest absolute Gasteiger partial charge is 0.360 e. The van der Waals surface area contributed by atoms with Crippen molar-refractivity contribution < 1.29 is 4.79 Å². The second kappa shape index (κ2) is 8.10. The van der Waals surface area contributed by atoms with Gasteiger partial charge in [0.15, 0.2) is 0 Å². The van der Waals surface area contributed by atoms with E-state index >= 15 is 0 Å². The average Bonchev–Trinajstić information content (AvgIpc) is 3.09. The monoisotopic (exact) mass is 360 g/mol. The highest BCUT2D eigenvalue weighted by molar-refractivity contribution is 7.10. The first-order chi connectivity index (χ1) is 12.7. The van der Waals surface area contributed by atoms with E-state index in [4.69, 9.17) is 0 Å². The Kier molecular flexibility index (Phi) is 5.42. The van der Waals surface area contributed by atoms with E-state index in [2.05, 4.69) is 21.7 Å². The van der Waals surface area contributed by atoms with Crippen LogP contribution in [0.4, 0.5) is 11.4 Å². The van der Waals surface area contributed by atoms with Crippen molar-refractivity contribution in [1.29, 1.82) is 5.26 Å². The quantitative estimate of drug-likeness (QED) is 0.648. The van der Waals surface area contributed by atoms with Crippen molar-refractivity contribution in [3.8, 4) is 6.07 Å². The first-order valence-corrected chi connectivity index (χ1v) is 8.80. The number of anilines is 2. The predicted molar refractivity (Wildman–Crippen MR) is 105 cm³/mol. The molecule has 0 saturated heterocycles. The standard InChI is InChI=1S/C20H16N4OS/c1-14-13-26-20(23-14)15(11-21)12-22-18-10-6-5-9-17(18)19(25)24-16-7-3-2-4-8-16/h2-10,12-13,22H,1H3,(H,24,25)/b15-12+. The molecule has 6 heteroatoms. The highest BCUT2D eigenvalue weighted by atomic mass is 32.1. The molecule has 0 atom stereocenters. The summed E-state index contributed by atoms with van der Waals surface area (Å²) in [5.41, 5.74) is 3.11. The Bertz CT molecular complexity index is 986. The maximum atomic E-state index is 12.6. The zero-order valence-electron chi connectivity index (χ0n) is 14.1. The molecule has 0 spiro atoms. The van der Waals surface area contributed by atoms with Crippen molar-refractivity contribution in [3.63, 3.8) is 0 Å². The smallest absolute Gasteiger partial charge is 0.257 e. The topological polar surface area (TPSA) is 77.8 Å². The van der Waals surface area contributed by atoms with Gasteiger partial charge < -0.3 is 10.6 Å². The minimum Gasteiger partial charge on any atom is -0.360 e. The fourth-order valence-electron chi connectivity index (χ4n) is 2.30. The second-order valence-electron chi connectivity index (χ2n) is 5.47. The van der Waals surface area contributed by atoms with E-state index in [9.17, 15) is 10.1 Å². The van der Waals surface area contributed by atoms with Gasteiger partial charge in [-0.15, -0.1) is 11.3 Å². The molecular formula is C20H16N4OS. The van der Waals surface area contributed by atoms with Crippen LogP contribution < -0.4 is 10.6 Å². The minimum atomic E-state index is -0.226. The molecule has 0 fully saturated rings. The SMILES string of the molecule is Cc1csc(/C(C#N)=C/Nc2ccccc2C(=O)Nc2ccccc2)n1. The van der Waals surface area contributed by atoms with Gasteiger partial charge in [0.25, 0.3) is 5.91 Å². The van der Waals surface area contributed by atoms with Crippen molar-refractivity contribution in [2.24, 2.45) is 0 Å². The summed E-state index contributed by atoms with van der Waals surface area (Å²) in [5.74, 6) is -0.226. The van der Waals surface area contributed by atoms with Crippen molar-refractivity contribution >= 4 is 34.2 Å². The zero-order valence-corrected chi connectivity index (χ0v) is 14.9. The predicted octanol–water partition coefficient (Wildman–Crippen LogP) is 4.68. The number of amides is 1. The highest BCUT2D eigenvalue weighted by Crippen LogP contribution is 2.21. The Hall–Kier alpha value is -3.43. The van der Waals surface area contributed by atoms with Gasteiger partial charge >= 0.3 is 0 Å². The van der Waals surface area contributed by atoms with Crippen molar-refractivity contribution in [2.45, 2.75) is 6.92 Å². The minimum absolute atomic E-state index is 0.226. The summed E-state index contributed by atoms with van der Waals surface area (Å²) >= 11 is 1.41. The van der Waals surface area contributed by atoms with Crippen molar-refractivity contribution in [2.75, 3.05) is 10.6 Å². The number of hydrogen-bond donors (Lipinski definition) is 2. The number of para-hydroxylation sites is 2. The van der Waals surface area contributed by atoms with E-state index in [-0.39, 0.29) is 5.91 Å². The number of nitrogens with zero attached hydrogens (tertiary/aromatic N) is 2. The number of benzene rings is 2. The molecule has 1 amide bonds. The van der Waals surface area contributed by atoms with Crippen LogP contribution in [0.3, 0.4) is 0 Å². The number of thiazole rings is 1. The number of nitriles is 1. The molecule has 0 radical (unpaired) electrons. The van der Waals surface area contributed by atoms with Gasteiger partial charge in [0.05, 0.1) is 11.3 Å². The van der Waals surface area contributed by atoms with Crippen LogP contribution in [0.2, 0.25) is 0 Å². The summed E-state index contributed by atoms with van der Waals surface area (Å²) in [6, 6.07) is 18.5. The Morgan fingerprint density at radius 3 is 2.58 bits per heavy atom. The van der Waals surface area contributed by atoms with Gasteiger partial charge in [-0.2, -0.15) is 5.26 Å². The lowest BCUT2D eigenvalue weighted by molar-refractivity contribution is 0.102. The summed E-state index contributed by atoms with van der Waals surface area (Å²) in [6.45, 7) is 1.88. The molecular weight excluding hydrogens is 344 g/mol. The normalized spacial score (nSPS) is 10.8. The summed E-state index contributed by atoms with van der Waals surface area (Å²) in [5, 5.41) is 17.8. The van der Waals surface area contributed by atoms with Gasteiger partial charge in [0.1, 0.15) is 16.6 Å². The molecule has 3 rings (SSSR count). The lowest BCUT2D eigenvalue weighted by atomic mass is 10.1. The fourth-order valence-corrected chi connectivity index (χ4v) is 3.06. The maximum absolute atomic E-state index is 12.6. The Balaban J connectivity index is 1.82. The van der Waals surface area contributed by atoms with Crippen LogP contribution in [0.5, 0.6) is 0 Å². The maximum Gasteiger partial charge on any atom is 0.257 e. The number of aromatic nitrogens is 1. The van der Waals surface area contributed by atoms with E-state index in [1.807, 2.05) is 48.7 Å². The number of rotatable bonds is 5. The van der Waals surface area contributed by atoms with Crippen LogP contribution in [0, 0.1) is 18.3 Å². The molecule has 0 aliphatic rings. The number of hydrogen-bond acceptors (Lipinski definition) is 5. The third-order valence-corrected chi connectivity index (χ3v) is 4.54. The van der Waals surface area contributed by atoms with E-state index in [1.54, 1.807) is 24.4 Å². The van der Waals surface area contributed by atoms with Crippen LogP contribution in [0.25, 0.3) is 5.57 Å². The molecule has 2 N–H and O–H groups in total. The van der Waals surface area contributed by atoms with Gasteiger partial charge in [-0.05, 0) is 31.2 Å².